The molecule has 7 heteroatoms. The number of benzene rings is 2. The van der Waals surface area contributed by atoms with E-state index in [-0.39, 0.29) is 0 Å². The summed E-state index contributed by atoms with van der Waals surface area (Å²) in [5.41, 5.74) is 11.1. The standard InChI is InChI=1S/C35H38N6S/c1-2-14-35(13-1)18-24-22(21-7-10-26-29(17-21)40-34(39-26)28-6-4-16-37-28)8-9-23(25(24)19-35)31-11-12-32(42-31)30-20-38-33(41-30)27-5-3-15-36-27/h7-12,17,20,27-28,36-37H,1-6,13-16,18-19H2,(H,38,41)(H,39,40)/t27-,28-/m0/s1. The van der Waals surface area contributed by atoms with Gasteiger partial charge < -0.3 is 20.6 Å². The maximum Gasteiger partial charge on any atom is 0.124 e. The fourth-order valence-corrected chi connectivity index (χ4v) is 9.38. The third-order valence-corrected chi connectivity index (χ3v) is 11.7. The highest BCUT2D eigenvalue weighted by Crippen LogP contribution is 2.53. The number of aromatic nitrogens is 4. The van der Waals surface area contributed by atoms with Crippen molar-refractivity contribution in [3.63, 3.8) is 0 Å². The minimum Gasteiger partial charge on any atom is -0.341 e. The van der Waals surface area contributed by atoms with E-state index in [4.69, 9.17) is 9.97 Å². The second-order valence-corrected chi connectivity index (χ2v) is 14.3. The quantitative estimate of drug-likeness (QED) is 0.172. The first kappa shape index (κ1) is 25.3. The van der Waals surface area contributed by atoms with Crippen LogP contribution in [0.5, 0.6) is 0 Å². The molecular formula is C35H38N6S. The molecule has 2 atom stereocenters. The predicted molar refractivity (Wildman–Crippen MR) is 171 cm³/mol. The van der Waals surface area contributed by atoms with Gasteiger partial charge in [-0.1, -0.05) is 31.0 Å². The molecule has 2 saturated heterocycles. The Morgan fingerprint density at radius 2 is 1.48 bits per heavy atom. The minimum absolute atomic E-state index is 0.356. The van der Waals surface area contributed by atoms with E-state index in [1.54, 1.807) is 11.1 Å². The Bertz CT molecular complexity index is 1770. The SMILES string of the molecule is c1cc2nc([C@@H]3CCCN3)[nH]c2cc1-c1ccc(-c2ccc(-c3cnc([C@@H]4CCCN4)[nH]3)s2)c2c1CC1(CCCC1)C2. The first-order chi connectivity index (χ1) is 20.7. The molecule has 5 heterocycles. The van der Waals surface area contributed by atoms with Crippen molar-refractivity contribution >= 4 is 22.4 Å². The summed E-state index contributed by atoms with van der Waals surface area (Å²) in [7, 11) is 0. The summed E-state index contributed by atoms with van der Waals surface area (Å²) in [6.07, 6.45) is 14.7. The van der Waals surface area contributed by atoms with Crippen molar-refractivity contribution in [2.75, 3.05) is 13.1 Å². The van der Waals surface area contributed by atoms with E-state index in [0.717, 1.165) is 54.3 Å². The number of thiophene rings is 1. The van der Waals surface area contributed by atoms with Gasteiger partial charge in [0.15, 0.2) is 0 Å². The van der Waals surface area contributed by atoms with Crippen LogP contribution in [0.1, 0.15) is 86.2 Å². The summed E-state index contributed by atoms with van der Waals surface area (Å²) < 4.78 is 0. The van der Waals surface area contributed by atoms with Gasteiger partial charge in [0.1, 0.15) is 11.6 Å². The van der Waals surface area contributed by atoms with Gasteiger partial charge in [-0.3, -0.25) is 0 Å². The van der Waals surface area contributed by atoms with Gasteiger partial charge in [0.05, 0.1) is 39.9 Å². The van der Waals surface area contributed by atoms with Crippen LogP contribution in [-0.2, 0) is 12.8 Å². The molecule has 3 fully saturated rings. The molecule has 4 N–H and O–H groups in total. The highest BCUT2D eigenvalue weighted by Gasteiger charge is 2.41. The lowest BCUT2D eigenvalue weighted by molar-refractivity contribution is 0.318. The largest absolute Gasteiger partial charge is 0.341 e. The normalized spacial score (nSPS) is 23.0. The Labute approximate surface area is 250 Å². The van der Waals surface area contributed by atoms with Gasteiger partial charge in [-0.25, -0.2) is 9.97 Å². The van der Waals surface area contributed by atoms with Crippen LogP contribution in [0.25, 0.3) is 43.2 Å². The molecule has 9 rings (SSSR count). The molecule has 2 aromatic carbocycles. The summed E-state index contributed by atoms with van der Waals surface area (Å²) in [6.45, 7) is 2.17. The molecule has 5 aromatic rings. The Kier molecular flexibility index (Phi) is 5.95. The van der Waals surface area contributed by atoms with Gasteiger partial charge >= 0.3 is 0 Å². The topological polar surface area (TPSA) is 81.4 Å². The second kappa shape index (κ2) is 9.90. The summed E-state index contributed by atoms with van der Waals surface area (Å²) >= 11 is 1.90. The molecule has 6 nitrogen and oxygen atoms in total. The molecule has 3 aromatic heterocycles. The maximum atomic E-state index is 4.94. The van der Waals surface area contributed by atoms with Crippen LogP contribution in [0.4, 0.5) is 0 Å². The number of nitrogens with one attached hydrogen (secondary N) is 4. The molecule has 1 spiro atoms. The average molecular weight is 575 g/mol. The van der Waals surface area contributed by atoms with E-state index < -0.39 is 0 Å². The molecule has 42 heavy (non-hydrogen) atoms. The highest BCUT2D eigenvalue weighted by atomic mass is 32.1. The van der Waals surface area contributed by atoms with E-state index >= 15 is 0 Å². The zero-order valence-corrected chi connectivity index (χ0v) is 24.9. The monoisotopic (exact) mass is 574 g/mol. The number of hydrogen-bond acceptors (Lipinski definition) is 5. The number of rotatable bonds is 5. The molecule has 1 saturated carbocycles. The maximum absolute atomic E-state index is 4.94. The minimum atomic E-state index is 0.356. The molecule has 2 aliphatic heterocycles. The molecule has 0 amide bonds. The smallest absolute Gasteiger partial charge is 0.124 e. The Morgan fingerprint density at radius 3 is 2.26 bits per heavy atom. The zero-order valence-electron chi connectivity index (χ0n) is 24.1. The van der Waals surface area contributed by atoms with Crippen LogP contribution in [0.2, 0.25) is 0 Å². The third kappa shape index (κ3) is 4.20. The molecule has 4 aliphatic rings. The van der Waals surface area contributed by atoms with Crippen molar-refractivity contribution in [1.82, 2.24) is 30.6 Å². The Hall–Kier alpha value is -3.26. The van der Waals surface area contributed by atoms with Crippen molar-refractivity contribution in [1.29, 1.82) is 0 Å². The van der Waals surface area contributed by atoms with Crippen molar-refractivity contribution in [2.24, 2.45) is 5.41 Å². The van der Waals surface area contributed by atoms with Crippen LogP contribution < -0.4 is 10.6 Å². The zero-order chi connectivity index (χ0) is 27.7. The van der Waals surface area contributed by atoms with Gasteiger partial charge in [0.2, 0.25) is 0 Å². The van der Waals surface area contributed by atoms with Crippen LogP contribution in [0, 0.1) is 5.41 Å². The summed E-state index contributed by atoms with van der Waals surface area (Å²) in [5, 5.41) is 7.15. The Balaban J connectivity index is 1.09. The average Bonchev–Trinajstić information content (AvgIpc) is 3.86. The lowest BCUT2D eigenvalue weighted by Gasteiger charge is -2.22. The van der Waals surface area contributed by atoms with Crippen LogP contribution >= 0.6 is 11.3 Å². The van der Waals surface area contributed by atoms with Crippen molar-refractivity contribution in [3.8, 4) is 32.1 Å². The van der Waals surface area contributed by atoms with E-state index in [1.165, 1.54) is 77.8 Å². The Morgan fingerprint density at radius 1 is 0.738 bits per heavy atom. The number of hydrogen-bond donors (Lipinski definition) is 4. The van der Waals surface area contributed by atoms with Crippen LogP contribution in [0.3, 0.4) is 0 Å². The number of nitrogens with zero attached hydrogens (tertiary/aromatic N) is 2. The first-order valence-corrected chi connectivity index (χ1v) is 16.8. The first-order valence-electron chi connectivity index (χ1n) is 16.0. The van der Waals surface area contributed by atoms with Crippen molar-refractivity contribution < 1.29 is 0 Å². The number of aromatic amines is 2. The summed E-state index contributed by atoms with van der Waals surface area (Å²) in [6, 6.07) is 17.0. The highest BCUT2D eigenvalue weighted by molar-refractivity contribution is 7.18. The summed E-state index contributed by atoms with van der Waals surface area (Å²) in [5.74, 6) is 2.16. The van der Waals surface area contributed by atoms with E-state index in [1.807, 2.05) is 17.5 Å². The number of imidazole rings is 2. The van der Waals surface area contributed by atoms with Gasteiger partial charge in [-0.15, -0.1) is 11.3 Å². The van der Waals surface area contributed by atoms with Gasteiger partial charge in [0, 0.05) is 4.88 Å². The van der Waals surface area contributed by atoms with E-state index in [9.17, 15) is 0 Å². The van der Waals surface area contributed by atoms with Crippen molar-refractivity contribution in [2.45, 2.75) is 76.3 Å². The van der Waals surface area contributed by atoms with Crippen LogP contribution in [0.15, 0.2) is 48.7 Å². The third-order valence-electron chi connectivity index (χ3n) is 10.5. The van der Waals surface area contributed by atoms with Gasteiger partial charge in [-0.2, -0.15) is 0 Å². The van der Waals surface area contributed by atoms with E-state index in [0.29, 0.717) is 17.5 Å². The molecule has 0 unspecified atom stereocenters. The molecule has 2 aliphatic carbocycles. The molecule has 0 radical (unpaired) electrons. The fraction of sp³-hybridized carbons (Fsp3) is 0.429. The van der Waals surface area contributed by atoms with E-state index in [2.05, 4.69) is 63.1 Å². The van der Waals surface area contributed by atoms with Gasteiger partial charge in [-0.05, 0) is 122 Å². The predicted octanol–water partition coefficient (Wildman–Crippen LogP) is 7.86. The summed E-state index contributed by atoms with van der Waals surface area (Å²) in [4.78, 5) is 19.6. The second-order valence-electron chi connectivity index (χ2n) is 13.2. The van der Waals surface area contributed by atoms with Crippen LogP contribution in [-0.4, -0.2) is 33.0 Å². The molecular weight excluding hydrogens is 536 g/mol. The number of fused-ring (bicyclic) bond motifs is 2. The lowest BCUT2D eigenvalue weighted by atomic mass is 9.83. The molecule has 0 bridgehead atoms. The lowest BCUT2D eigenvalue weighted by Crippen LogP contribution is -2.15. The van der Waals surface area contributed by atoms with Crippen molar-refractivity contribution in [3.05, 3.63) is 71.4 Å². The van der Waals surface area contributed by atoms with Gasteiger partial charge in [0.25, 0.3) is 0 Å². The number of H-pyrrole nitrogens is 2. The fourth-order valence-electron chi connectivity index (χ4n) is 8.35. The molecule has 214 valence electrons.